The lowest BCUT2D eigenvalue weighted by Crippen LogP contribution is -2.47. The summed E-state index contributed by atoms with van der Waals surface area (Å²) in [6.45, 7) is 6.25. The Morgan fingerprint density at radius 3 is 2.33 bits per heavy atom. The van der Waals surface area contributed by atoms with Crippen LogP contribution in [0.1, 0.15) is 10.4 Å². The van der Waals surface area contributed by atoms with Crippen LogP contribution < -0.4 is 10.6 Å². The van der Waals surface area contributed by atoms with Crippen molar-refractivity contribution in [1.82, 2.24) is 4.90 Å². The van der Waals surface area contributed by atoms with E-state index in [1.807, 2.05) is 11.3 Å². The first-order valence-corrected chi connectivity index (χ1v) is 9.88. The number of fused-ring (bicyclic) bond motifs is 1. The molecule has 0 amide bonds. The van der Waals surface area contributed by atoms with Gasteiger partial charge in [-0.05, 0) is 30.2 Å². The van der Waals surface area contributed by atoms with Gasteiger partial charge in [-0.25, -0.2) is 0 Å². The largest absolute Gasteiger partial charge is 0.368 e. The van der Waals surface area contributed by atoms with E-state index in [1.54, 1.807) is 0 Å². The van der Waals surface area contributed by atoms with E-state index in [9.17, 15) is 0 Å². The zero-order chi connectivity index (χ0) is 17.1. The van der Waals surface area contributed by atoms with Gasteiger partial charge < -0.3 is 10.6 Å². The predicted octanol–water partition coefficient (Wildman–Crippen LogP) is 4.57. The number of halogens is 2. The molecule has 2 N–H and O–H groups in total. The van der Waals surface area contributed by atoms with Crippen LogP contribution in [0.25, 0.3) is 10.1 Å². The van der Waals surface area contributed by atoms with E-state index in [4.69, 9.17) is 5.73 Å². The summed E-state index contributed by atoms with van der Waals surface area (Å²) in [7, 11) is 0. The highest BCUT2D eigenvalue weighted by molar-refractivity contribution is 7.19. The number of benzene rings is 2. The van der Waals surface area contributed by atoms with Gasteiger partial charge in [0.2, 0.25) is 0 Å². The molecule has 3 nitrogen and oxygen atoms in total. The van der Waals surface area contributed by atoms with E-state index in [1.165, 1.54) is 26.2 Å². The summed E-state index contributed by atoms with van der Waals surface area (Å²) in [5.41, 5.74) is 8.64. The van der Waals surface area contributed by atoms with Crippen molar-refractivity contribution in [1.29, 1.82) is 0 Å². The molecule has 0 unspecified atom stereocenters. The summed E-state index contributed by atoms with van der Waals surface area (Å²) < 4.78 is 1.35. The molecular weight excluding hydrogens is 397 g/mol. The van der Waals surface area contributed by atoms with E-state index in [-0.39, 0.29) is 24.8 Å². The highest BCUT2D eigenvalue weighted by Gasteiger charge is 2.19. The molecule has 0 saturated carbocycles. The quantitative estimate of drug-likeness (QED) is 0.652. The fourth-order valence-electron chi connectivity index (χ4n) is 3.62. The summed E-state index contributed by atoms with van der Waals surface area (Å²) in [6.07, 6.45) is 1.14. The van der Waals surface area contributed by atoms with Crippen molar-refractivity contribution in [2.75, 3.05) is 37.6 Å². The third kappa shape index (κ3) is 5.15. The van der Waals surface area contributed by atoms with E-state index in [0.717, 1.165) is 39.1 Å². The molecule has 0 spiro atoms. The normalized spacial score (nSPS) is 14.6. The molecular formula is C21H27Cl2N3S. The van der Waals surface area contributed by atoms with Crippen LogP contribution in [0, 0.1) is 0 Å². The molecule has 3 aromatic rings. The molecule has 1 aliphatic rings. The molecule has 0 radical (unpaired) electrons. The van der Waals surface area contributed by atoms with E-state index >= 15 is 0 Å². The molecule has 1 aliphatic heterocycles. The van der Waals surface area contributed by atoms with Gasteiger partial charge in [0.25, 0.3) is 0 Å². The number of hydrogen-bond acceptors (Lipinski definition) is 4. The van der Waals surface area contributed by atoms with E-state index in [0.29, 0.717) is 6.54 Å². The highest BCUT2D eigenvalue weighted by Crippen LogP contribution is 2.33. The minimum atomic E-state index is 0. The third-order valence-electron chi connectivity index (χ3n) is 5.06. The summed E-state index contributed by atoms with van der Waals surface area (Å²) in [5, 5.41) is 1.37. The van der Waals surface area contributed by atoms with Crippen LogP contribution in [0.15, 0.2) is 54.6 Å². The minimum Gasteiger partial charge on any atom is -0.368 e. The van der Waals surface area contributed by atoms with Crippen molar-refractivity contribution in [3.63, 3.8) is 0 Å². The number of anilines is 1. The second-order valence-corrected chi connectivity index (χ2v) is 7.84. The summed E-state index contributed by atoms with van der Waals surface area (Å²) in [5.74, 6) is 0. The molecule has 1 saturated heterocycles. The highest BCUT2D eigenvalue weighted by atomic mass is 35.5. The summed E-state index contributed by atoms with van der Waals surface area (Å²) >= 11 is 1.82. The van der Waals surface area contributed by atoms with Crippen molar-refractivity contribution in [2.45, 2.75) is 13.0 Å². The van der Waals surface area contributed by atoms with Gasteiger partial charge in [0.1, 0.15) is 0 Å². The van der Waals surface area contributed by atoms with Crippen molar-refractivity contribution in [3.8, 4) is 0 Å². The first kappa shape index (κ1) is 22.0. The van der Waals surface area contributed by atoms with Crippen molar-refractivity contribution < 1.29 is 0 Å². The number of piperazine rings is 1. The Bertz CT molecular complexity index is 830. The average molecular weight is 424 g/mol. The molecule has 2 aromatic carbocycles. The second-order valence-electron chi connectivity index (χ2n) is 6.67. The first-order valence-electron chi connectivity index (χ1n) is 9.06. The van der Waals surface area contributed by atoms with Crippen LogP contribution in [-0.4, -0.2) is 37.6 Å². The molecule has 146 valence electrons. The van der Waals surface area contributed by atoms with Gasteiger partial charge >= 0.3 is 0 Å². The van der Waals surface area contributed by atoms with Gasteiger partial charge in [-0.2, -0.15) is 0 Å². The Kier molecular flexibility index (Phi) is 8.39. The van der Waals surface area contributed by atoms with Gasteiger partial charge in [-0.3, -0.25) is 4.90 Å². The lowest BCUT2D eigenvalue weighted by atomic mass is 10.1. The molecule has 6 heteroatoms. The van der Waals surface area contributed by atoms with E-state index in [2.05, 4.69) is 64.4 Å². The average Bonchev–Trinajstić information content (AvgIpc) is 3.11. The Balaban J connectivity index is 0.00000131. The molecule has 2 heterocycles. The standard InChI is InChI=1S/C21H25N3S.2ClH/c22-16-18-15-19-20(7-4-8-21(19)25-18)24-13-11-23(12-14-24)10-9-17-5-2-1-3-6-17;;/h1-8,15H,9-14,16,22H2;2*1H. The maximum atomic E-state index is 5.83. The Hall–Kier alpha value is -1.30. The Morgan fingerprint density at radius 1 is 0.889 bits per heavy atom. The van der Waals surface area contributed by atoms with Crippen molar-refractivity contribution >= 4 is 51.9 Å². The first-order chi connectivity index (χ1) is 12.3. The monoisotopic (exact) mass is 423 g/mol. The van der Waals surface area contributed by atoms with Gasteiger partial charge in [0.05, 0.1) is 0 Å². The zero-order valence-electron chi connectivity index (χ0n) is 15.3. The predicted molar refractivity (Wildman–Crippen MR) is 123 cm³/mol. The van der Waals surface area contributed by atoms with Crippen LogP contribution in [0.4, 0.5) is 5.69 Å². The number of hydrogen-bond donors (Lipinski definition) is 1. The second kappa shape index (κ2) is 10.3. The maximum absolute atomic E-state index is 5.83. The Labute approximate surface area is 178 Å². The zero-order valence-corrected chi connectivity index (χ0v) is 17.8. The molecule has 0 atom stereocenters. The fourth-order valence-corrected chi connectivity index (χ4v) is 4.58. The van der Waals surface area contributed by atoms with Gasteiger partial charge in [0, 0.05) is 59.9 Å². The summed E-state index contributed by atoms with van der Waals surface area (Å²) in [6, 6.07) is 19.7. The molecule has 0 bridgehead atoms. The lowest BCUT2D eigenvalue weighted by Gasteiger charge is -2.36. The number of thiophene rings is 1. The van der Waals surface area contributed by atoms with Crippen LogP contribution in [-0.2, 0) is 13.0 Å². The Morgan fingerprint density at radius 2 is 1.63 bits per heavy atom. The van der Waals surface area contributed by atoms with Crippen molar-refractivity contribution in [3.05, 3.63) is 65.0 Å². The SMILES string of the molecule is Cl.Cl.NCc1cc2c(N3CCN(CCc4ccccc4)CC3)cccc2s1. The van der Waals surface area contributed by atoms with Gasteiger partial charge in [-0.15, -0.1) is 36.2 Å². The number of rotatable bonds is 5. The van der Waals surface area contributed by atoms with Crippen LogP contribution in [0.5, 0.6) is 0 Å². The number of nitrogens with zero attached hydrogens (tertiary/aromatic N) is 2. The summed E-state index contributed by atoms with van der Waals surface area (Å²) in [4.78, 5) is 6.39. The van der Waals surface area contributed by atoms with Gasteiger partial charge in [-0.1, -0.05) is 36.4 Å². The topological polar surface area (TPSA) is 32.5 Å². The molecule has 0 aliphatic carbocycles. The molecule has 1 aromatic heterocycles. The molecule has 4 rings (SSSR count). The van der Waals surface area contributed by atoms with Crippen LogP contribution in [0.2, 0.25) is 0 Å². The molecule has 1 fully saturated rings. The van der Waals surface area contributed by atoms with Crippen LogP contribution in [0.3, 0.4) is 0 Å². The maximum Gasteiger partial charge on any atom is 0.0455 e. The van der Waals surface area contributed by atoms with Gasteiger partial charge in [0.15, 0.2) is 0 Å². The smallest absolute Gasteiger partial charge is 0.0455 e. The van der Waals surface area contributed by atoms with Crippen LogP contribution >= 0.6 is 36.2 Å². The number of nitrogens with two attached hydrogens (primary N) is 1. The minimum absolute atomic E-state index is 0. The van der Waals surface area contributed by atoms with Crippen molar-refractivity contribution in [2.24, 2.45) is 5.73 Å². The molecule has 27 heavy (non-hydrogen) atoms. The fraction of sp³-hybridized carbons (Fsp3) is 0.333. The third-order valence-corrected chi connectivity index (χ3v) is 6.19. The van der Waals surface area contributed by atoms with E-state index < -0.39 is 0 Å². The lowest BCUT2D eigenvalue weighted by molar-refractivity contribution is 0.261.